The highest BCUT2D eigenvalue weighted by Crippen LogP contribution is 2.27. The van der Waals surface area contributed by atoms with Gasteiger partial charge in [-0.2, -0.15) is 0 Å². The lowest BCUT2D eigenvalue weighted by Gasteiger charge is -2.31. The lowest BCUT2D eigenvalue weighted by atomic mass is 9.96. The number of fused-ring (bicyclic) bond motifs is 1. The van der Waals surface area contributed by atoms with Crippen molar-refractivity contribution in [3.63, 3.8) is 0 Å². The fraction of sp³-hybridized carbons (Fsp3) is 0.571. The summed E-state index contributed by atoms with van der Waals surface area (Å²) >= 11 is 0. The third-order valence-corrected chi connectivity index (χ3v) is 5.79. The van der Waals surface area contributed by atoms with Gasteiger partial charge in [0.2, 0.25) is 0 Å². The zero-order valence-electron chi connectivity index (χ0n) is 15.9. The number of carbonyl (C=O) groups is 1. The molecule has 0 unspecified atom stereocenters. The Labute approximate surface area is 160 Å². The lowest BCUT2D eigenvalue weighted by molar-refractivity contribution is 0.0948. The van der Waals surface area contributed by atoms with Gasteiger partial charge in [-0.15, -0.1) is 5.10 Å². The molecule has 0 radical (unpaired) electrons. The third kappa shape index (κ3) is 4.31. The third-order valence-electron chi connectivity index (χ3n) is 5.79. The molecule has 144 valence electrons. The van der Waals surface area contributed by atoms with E-state index in [2.05, 4.69) is 44.8 Å². The summed E-state index contributed by atoms with van der Waals surface area (Å²) in [6.07, 6.45) is 11.2. The first-order valence-corrected chi connectivity index (χ1v) is 10.3. The zero-order valence-corrected chi connectivity index (χ0v) is 15.9. The van der Waals surface area contributed by atoms with Crippen LogP contribution in [0.3, 0.4) is 0 Å². The van der Waals surface area contributed by atoms with E-state index in [-0.39, 0.29) is 5.91 Å². The van der Waals surface area contributed by atoms with Crippen LogP contribution < -0.4 is 10.2 Å². The standard InChI is InChI=1S/C21H29N5O/c27-21(19-16-26(24-23-19)18-10-2-1-3-11-18)22-13-7-15-25-14-6-9-17-8-4-5-12-20(17)25/h4-5,8,12,16,18H,1-3,6-7,9-11,13-15H2,(H,22,27). The summed E-state index contributed by atoms with van der Waals surface area (Å²) in [6, 6.07) is 9.06. The van der Waals surface area contributed by atoms with Crippen LogP contribution in [0.25, 0.3) is 0 Å². The average Bonchev–Trinajstić information content (AvgIpc) is 3.22. The van der Waals surface area contributed by atoms with Gasteiger partial charge in [-0.05, 0) is 43.7 Å². The summed E-state index contributed by atoms with van der Waals surface area (Å²) in [6.45, 7) is 2.72. The Hall–Kier alpha value is -2.37. The maximum atomic E-state index is 12.3. The van der Waals surface area contributed by atoms with Crippen molar-refractivity contribution >= 4 is 11.6 Å². The number of carbonyl (C=O) groups excluding carboxylic acids is 1. The van der Waals surface area contributed by atoms with Crippen molar-refractivity contribution in [1.29, 1.82) is 0 Å². The topological polar surface area (TPSA) is 63.1 Å². The number of rotatable bonds is 6. The molecule has 1 aromatic carbocycles. The highest BCUT2D eigenvalue weighted by molar-refractivity contribution is 5.91. The maximum absolute atomic E-state index is 12.3. The van der Waals surface area contributed by atoms with Crippen LogP contribution in [0, 0.1) is 0 Å². The van der Waals surface area contributed by atoms with Gasteiger partial charge in [0.1, 0.15) is 0 Å². The van der Waals surface area contributed by atoms with Crippen molar-refractivity contribution in [3.05, 3.63) is 41.7 Å². The number of nitrogens with one attached hydrogen (secondary N) is 1. The summed E-state index contributed by atoms with van der Waals surface area (Å²) in [5.74, 6) is -0.115. The molecule has 1 aromatic heterocycles. The number of hydrogen-bond donors (Lipinski definition) is 1. The van der Waals surface area contributed by atoms with Gasteiger partial charge in [0.25, 0.3) is 5.91 Å². The molecule has 4 rings (SSSR count). The van der Waals surface area contributed by atoms with Crippen molar-refractivity contribution in [1.82, 2.24) is 20.3 Å². The van der Waals surface area contributed by atoms with Gasteiger partial charge in [-0.3, -0.25) is 4.79 Å². The molecule has 27 heavy (non-hydrogen) atoms. The van der Waals surface area contributed by atoms with Crippen molar-refractivity contribution in [3.8, 4) is 0 Å². The summed E-state index contributed by atoms with van der Waals surface area (Å²) in [4.78, 5) is 14.8. The molecule has 2 aromatic rings. The molecule has 6 heteroatoms. The van der Waals surface area contributed by atoms with Crippen molar-refractivity contribution < 1.29 is 4.79 Å². The van der Waals surface area contributed by atoms with Gasteiger partial charge in [-0.25, -0.2) is 4.68 Å². The van der Waals surface area contributed by atoms with E-state index in [0.717, 1.165) is 32.4 Å². The lowest BCUT2D eigenvalue weighted by Crippen LogP contribution is -2.33. The number of hydrogen-bond acceptors (Lipinski definition) is 4. The second-order valence-electron chi connectivity index (χ2n) is 7.70. The van der Waals surface area contributed by atoms with Crippen LogP contribution in [0.5, 0.6) is 0 Å². The van der Waals surface area contributed by atoms with Crippen LogP contribution in [0.1, 0.15) is 67.0 Å². The van der Waals surface area contributed by atoms with E-state index in [1.807, 2.05) is 10.9 Å². The first-order chi connectivity index (χ1) is 13.3. The fourth-order valence-corrected chi connectivity index (χ4v) is 4.31. The summed E-state index contributed by atoms with van der Waals surface area (Å²) in [7, 11) is 0. The Balaban J connectivity index is 1.24. The van der Waals surface area contributed by atoms with E-state index in [1.165, 1.54) is 43.4 Å². The molecule has 2 aliphatic rings. The van der Waals surface area contributed by atoms with Crippen molar-refractivity contribution in [2.24, 2.45) is 0 Å². The van der Waals surface area contributed by atoms with Gasteiger partial charge >= 0.3 is 0 Å². The van der Waals surface area contributed by atoms with Gasteiger partial charge in [-0.1, -0.05) is 42.7 Å². The molecular formula is C21H29N5O. The molecular weight excluding hydrogens is 338 g/mol. The Kier molecular flexibility index (Phi) is 5.70. The largest absolute Gasteiger partial charge is 0.371 e. The van der Waals surface area contributed by atoms with E-state index >= 15 is 0 Å². The number of aromatic nitrogens is 3. The van der Waals surface area contributed by atoms with E-state index in [0.29, 0.717) is 18.3 Å². The van der Waals surface area contributed by atoms with E-state index in [1.54, 1.807) is 0 Å². The predicted molar refractivity (Wildman–Crippen MR) is 106 cm³/mol. The van der Waals surface area contributed by atoms with Crippen molar-refractivity contribution in [2.45, 2.75) is 57.4 Å². The monoisotopic (exact) mass is 367 g/mol. The van der Waals surface area contributed by atoms with Crippen LogP contribution in [-0.2, 0) is 6.42 Å². The summed E-state index contributed by atoms with van der Waals surface area (Å²) < 4.78 is 1.89. The maximum Gasteiger partial charge on any atom is 0.273 e. The molecule has 1 saturated carbocycles. The Bertz CT molecular complexity index is 765. The molecule has 6 nitrogen and oxygen atoms in total. The quantitative estimate of drug-likeness (QED) is 0.795. The van der Waals surface area contributed by atoms with E-state index < -0.39 is 0 Å². The number of para-hydroxylation sites is 1. The Morgan fingerprint density at radius 1 is 1.15 bits per heavy atom. The average molecular weight is 367 g/mol. The molecule has 1 aliphatic carbocycles. The minimum absolute atomic E-state index is 0.115. The first kappa shape index (κ1) is 18.0. The highest BCUT2D eigenvalue weighted by Gasteiger charge is 2.19. The minimum Gasteiger partial charge on any atom is -0.371 e. The summed E-state index contributed by atoms with van der Waals surface area (Å²) in [5.41, 5.74) is 3.22. The van der Waals surface area contributed by atoms with E-state index in [9.17, 15) is 4.79 Å². The Morgan fingerprint density at radius 3 is 2.89 bits per heavy atom. The number of aryl methyl sites for hydroxylation is 1. The fourth-order valence-electron chi connectivity index (χ4n) is 4.31. The normalized spacial score (nSPS) is 17.6. The molecule has 1 aliphatic heterocycles. The van der Waals surface area contributed by atoms with E-state index in [4.69, 9.17) is 0 Å². The van der Waals surface area contributed by atoms with Gasteiger partial charge in [0.15, 0.2) is 5.69 Å². The molecule has 0 bridgehead atoms. The van der Waals surface area contributed by atoms with Gasteiger partial charge < -0.3 is 10.2 Å². The molecule has 1 N–H and O–H groups in total. The van der Waals surface area contributed by atoms with Crippen LogP contribution >= 0.6 is 0 Å². The number of amides is 1. The SMILES string of the molecule is O=C(NCCCN1CCCc2ccccc21)c1cn(C2CCCCC2)nn1. The van der Waals surface area contributed by atoms with Crippen LogP contribution in [0.4, 0.5) is 5.69 Å². The molecule has 1 amide bonds. The van der Waals surface area contributed by atoms with Crippen LogP contribution in [-0.4, -0.2) is 40.5 Å². The van der Waals surface area contributed by atoms with Crippen LogP contribution in [0.2, 0.25) is 0 Å². The summed E-state index contributed by atoms with van der Waals surface area (Å²) in [5, 5.41) is 11.3. The van der Waals surface area contributed by atoms with Crippen LogP contribution in [0.15, 0.2) is 30.5 Å². The first-order valence-electron chi connectivity index (χ1n) is 10.3. The van der Waals surface area contributed by atoms with Crippen molar-refractivity contribution in [2.75, 3.05) is 24.5 Å². The predicted octanol–water partition coefficient (Wildman–Crippen LogP) is 3.36. The molecule has 0 spiro atoms. The second kappa shape index (κ2) is 8.55. The number of nitrogens with zero attached hydrogens (tertiary/aromatic N) is 4. The van der Waals surface area contributed by atoms with Gasteiger partial charge in [0.05, 0.1) is 12.2 Å². The number of anilines is 1. The molecule has 0 atom stereocenters. The smallest absolute Gasteiger partial charge is 0.273 e. The number of benzene rings is 1. The molecule has 0 saturated heterocycles. The molecule has 1 fully saturated rings. The minimum atomic E-state index is -0.115. The Morgan fingerprint density at radius 2 is 2.00 bits per heavy atom. The second-order valence-corrected chi connectivity index (χ2v) is 7.70. The van der Waals surface area contributed by atoms with Gasteiger partial charge in [0, 0.05) is 25.3 Å². The highest BCUT2D eigenvalue weighted by atomic mass is 16.2. The zero-order chi connectivity index (χ0) is 18.5. The molecule has 2 heterocycles.